The molecule has 0 aliphatic heterocycles. The number of hydrogen-bond acceptors (Lipinski definition) is 6. The summed E-state index contributed by atoms with van der Waals surface area (Å²) in [6, 6.07) is 3.82. The van der Waals surface area contributed by atoms with Gasteiger partial charge in [0.2, 0.25) is 0 Å². The van der Waals surface area contributed by atoms with Crippen LogP contribution in [0.2, 0.25) is 0 Å². The van der Waals surface area contributed by atoms with Gasteiger partial charge in [-0.15, -0.1) is 0 Å². The van der Waals surface area contributed by atoms with E-state index in [-0.39, 0.29) is 0 Å². The Morgan fingerprint density at radius 3 is 3.00 bits per heavy atom. The van der Waals surface area contributed by atoms with E-state index in [0.29, 0.717) is 29.5 Å². The van der Waals surface area contributed by atoms with Gasteiger partial charge in [0.05, 0.1) is 6.20 Å². The van der Waals surface area contributed by atoms with E-state index in [0.717, 1.165) is 5.56 Å². The van der Waals surface area contributed by atoms with Crippen LogP contribution in [0.25, 0.3) is 11.5 Å². The molecule has 3 aromatic rings. The minimum absolute atomic E-state index is 0.361. The highest BCUT2D eigenvalue weighted by molar-refractivity contribution is 5.65. The predicted molar refractivity (Wildman–Crippen MR) is 63.3 cm³/mol. The van der Waals surface area contributed by atoms with E-state index < -0.39 is 0 Å². The monoisotopic (exact) mass is 242 g/mol. The molecule has 0 aliphatic rings. The van der Waals surface area contributed by atoms with E-state index >= 15 is 0 Å². The molecule has 0 spiro atoms. The molecule has 0 saturated heterocycles. The van der Waals surface area contributed by atoms with Crippen LogP contribution < -0.4 is 5.73 Å². The third-order valence-electron chi connectivity index (χ3n) is 2.45. The molecular weight excluding hydrogens is 232 g/mol. The maximum atomic E-state index is 5.68. The zero-order valence-electron chi connectivity index (χ0n) is 9.37. The van der Waals surface area contributed by atoms with Crippen LogP contribution in [0, 0.1) is 0 Å². The minimum atomic E-state index is 0.361. The van der Waals surface area contributed by atoms with E-state index in [1.54, 1.807) is 18.6 Å². The number of aromatic nitrogens is 5. The molecule has 0 saturated carbocycles. The number of aromatic amines is 1. The lowest BCUT2D eigenvalue weighted by atomic mass is 10.2. The molecule has 18 heavy (non-hydrogen) atoms. The van der Waals surface area contributed by atoms with Gasteiger partial charge >= 0.3 is 0 Å². The maximum absolute atomic E-state index is 5.68. The summed E-state index contributed by atoms with van der Waals surface area (Å²) in [4.78, 5) is 8.29. The molecule has 0 fully saturated rings. The van der Waals surface area contributed by atoms with Crippen LogP contribution in [0.5, 0.6) is 0 Å². The first-order valence-electron chi connectivity index (χ1n) is 5.33. The average Bonchev–Trinajstić information content (AvgIpc) is 2.99. The van der Waals surface area contributed by atoms with Crippen molar-refractivity contribution < 1.29 is 4.52 Å². The van der Waals surface area contributed by atoms with E-state index in [1.165, 1.54) is 0 Å². The van der Waals surface area contributed by atoms with Crippen molar-refractivity contribution in [3.63, 3.8) is 0 Å². The van der Waals surface area contributed by atoms with Gasteiger partial charge in [0, 0.05) is 18.8 Å². The van der Waals surface area contributed by atoms with Crippen LogP contribution >= 0.6 is 0 Å². The normalized spacial score (nSPS) is 10.7. The summed E-state index contributed by atoms with van der Waals surface area (Å²) in [5, 5.41) is 10.3. The average molecular weight is 242 g/mol. The maximum Gasteiger partial charge on any atom is 0.263 e. The molecule has 3 aromatic heterocycles. The molecule has 0 aliphatic carbocycles. The fourth-order valence-electron chi connectivity index (χ4n) is 1.59. The number of H-pyrrole nitrogens is 1. The molecular formula is C11H10N6O. The molecule has 0 aromatic carbocycles. The first kappa shape index (κ1) is 10.5. The van der Waals surface area contributed by atoms with Crippen molar-refractivity contribution in [2.75, 3.05) is 5.73 Å². The second kappa shape index (κ2) is 4.28. The first-order valence-corrected chi connectivity index (χ1v) is 5.33. The Kier molecular flexibility index (Phi) is 2.49. The van der Waals surface area contributed by atoms with Crippen LogP contribution in [-0.4, -0.2) is 25.3 Å². The van der Waals surface area contributed by atoms with Gasteiger partial charge in [-0.2, -0.15) is 10.1 Å². The Morgan fingerprint density at radius 1 is 1.33 bits per heavy atom. The summed E-state index contributed by atoms with van der Waals surface area (Å²) in [5.74, 6) is 1.35. The summed E-state index contributed by atoms with van der Waals surface area (Å²) in [7, 11) is 0. The standard InChI is InChI=1S/C11H10N6O/c12-10-8(6-14-16-10)11-15-9(17-18-11)4-7-2-1-3-13-5-7/h1-3,5-6H,4H2,(H3,12,14,16). The van der Waals surface area contributed by atoms with Gasteiger partial charge in [-0.1, -0.05) is 11.2 Å². The molecule has 90 valence electrons. The Labute approximate surface area is 102 Å². The Hall–Kier alpha value is -2.70. The van der Waals surface area contributed by atoms with Gasteiger partial charge in [0.15, 0.2) is 5.82 Å². The van der Waals surface area contributed by atoms with Gasteiger partial charge in [0.25, 0.3) is 5.89 Å². The minimum Gasteiger partial charge on any atom is -0.383 e. The highest BCUT2D eigenvalue weighted by Gasteiger charge is 2.13. The molecule has 0 unspecified atom stereocenters. The van der Waals surface area contributed by atoms with Crippen molar-refractivity contribution in [1.29, 1.82) is 0 Å². The number of nitrogens with one attached hydrogen (secondary N) is 1. The Balaban J connectivity index is 1.84. The summed E-state index contributed by atoms with van der Waals surface area (Å²) >= 11 is 0. The number of anilines is 1. The summed E-state index contributed by atoms with van der Waals surface area (Å²) < 4.78 is 5.14. The number of pyridine rings is 1. The van der Waals surface area contributed by atoms with Crippen molar-refractivity contribution in [2.45, 2.75) is 6.42 Å². The van der Waals surface area contributed by atoms with Crippen LogP contribution in [0.15, 0.2) is 35.2 Å². The number of nitrogens with two attached hydrogens (primary N) is 1. The van der Waals surface area contributed by atoms with Crippen LogP contribution in [0.1, 0.15) is 11.4 Å². The Bertz CT molecular complexity index is 644. The molecule has 0 atom stereocenters. The van der Waals surface area contributed by atoms with Gasteiger partial charge in [0.1, 0.15) is 11.4 Å². The molecule has 7 nitrogen and oxygen atoms in total. The summed E-state index contributed by atoms with van der Waals surface area (Å²) in [6.45, 7) is 0. The fourth-order valence-corrected chi connectivity index (χ4v) is 1.59. The SMILES string of the molecule is Nc1[nH]ncc1-c1nc(Cc2cccnc2)no1. The first-order chi connectivity index (χ1) is 8.83. The number of nitrogens with zero attached hydrogens (tertiary/aromatic N) is 4. The molecule has 3 N–H and O–H groups in total. The number of nitrogen functional groups attached to an aromatic ring is 1. The lowest BCUT2D eigenvalue weighted by Crippen LogP contribution is -1.91. The molecule has 0 amide bonds. The smallest absolute Gasteiger partial charge is 0.263 e. The molecule has 3 rings (SSSR count). The van der Waals surface area contributed by atoms with Crippen molar-refractivity contribution >= 4 is 5.82 Å². The predicted octanol–water partition coefficient (Wildman–Crippen LogP) is 1.03. The third kappa shape index (κ3) is 1.93. The number of rotatable bonds is 3. The quantitative estimate of drug-likeness (QED) is 0.710. The van der Waals surface area contributed by atoms with Crippen molar-refractivity contribution in [3.05, 3.63) is 42.1 Å². The van der Waals surface area contributed by atoms with Gasteiger partial charge in [-0.25, -0.2) is 0 Å². The number of hydrogen-bond donors (Lipinski definition) is 2. The van der Waals surface area contributed by atoms with Crippen molar-refractivity contribution in [1.82, 2.24) is 25.3 Å². The Morgan fingerprint density at radius 2 is 2.28 bits per heavy atom. The lowest BCUT2D eigenvalue weighted by molar-refractivity contribution is 0.424. The molecule has 0 bridgehead atoms. The van der Waals surface area contributed by atoms with Gasteiger partial charge in [-0.3, -0.25) is 10.1 Å². The lowest BCUT2D eigenvalue weighted by Gasteiger charge is -1.93. The second-order valence-corrected chi connectivity index (χ2v) is 3.75. The molecule has 7 heteroatoms. The van der Waals surface area contributed by atoms with Crippen molar-refractivity contribution in [2.24, 2.45) is 0 Å². The van der Waals surface area contributed by atoms with E-state index in [2.05, 4.69) is 25.3 Å². The fraction of sp³-hybridized carbons (Fsp3) is 0.0909. The van der Waals surface area contributed by atoms with Crippen LogP contribution in [0.4, 0.5) is 5.82 Å². The van der Waals surface area contributed by atoms with Crippen molar-refractivity contribution in [3.8, 4) is 11.5 Å². The van der Waals surface area contributed by atoms with Gasteiger partial charge < -0.3 is 10.3 Å². The van der Waals surface area contributed by atoms with Crippen LogP contribution in [-0.2, 0) is 6.42 Å². The zero-order chi connectivity index (χ0) is 12.4. The van der Waals surface area contributed by atoms with E-state index in [4.69, 9.17) is 10.3 Å². The highest BCUT2D eigenvalue weighted by atomic mass is 16.5. The second-order valence-electron chi connectivity index (χ2n) is 3.75. The topological polar surface area (TPSA) is 107 Å². The van der Waals surface area contributed by atoms with E-state index in [9.17, 15) is 0 Å². The molecule has 3 heterocycles. The van der Waals surface area contributed by atoms with E-state index in [1.807, 2.05) is 12.1 Å². The summed E-state index contributed by atoms with van der Waals surface area (Å²) in [6.07, 6.45) is 5.60. The van der Waals surface area contributed by atoms with Gasteiger partial charge in [-0.05, 0) is 11.6 Å². The zero-order valence-corrected chi connectivity index (χ0v) is 9.37. The molecule has 0 radical (unpaired) electrons. The van der Waals surface area contributed by atoms with Crippen LogP contribution in [0.3, 0.4) is 0 Å². The highest BCUT2D eigenvalue weighted by Crippen LogP contribution is 2.21. The largest absolute Gasteiger partial charge is 0.383 e. The summed E-state index contributed by atoms with van der Waals surface area (Å²) in [5.41, 5.74) is 7.31. The third-order valence-corrected chi connectivity index (χ3v) is 2.45.